The molecule has 0 aliphatic carbocycles. The highest BCUT2D eigenvalue weighted by Gasteiger charge is 2.09. The molecule has 3 N–H and O–H groups in total. The summed E-state index contributed by atoms with van der Waals surface area (Å²) in [6.45, 7) is 3.34. The Balaban J connectivity index is 1.66. The maximum Gasteiger partial charge on any atom is 0.258 e. The van der Waals surface area contributed by atoms with Crippen LogP contribution in [0, 0.1) is 6.92 Å². The van der Waals surface area contributed by atoms with Crippen LogP contribution in [0.3, 0.4) is 0 Å². The topological polar surface area (TPSA) is 96.0 Å². The van der Waals surface area contributed by atoms with Crippen LogP contribution in [0.5, 0.6) is 0 Å². The van der Waals surface area contributed by atoms with Gasteiger partial charge >= 0.3 is 0 Å². The Labute approximate surface area is 167 Å². The van der Waals surface area contributed by atoms with E-state index in [0.717, 1.165) is 11.3 Å². The molecule has 2 aromatic carbocycles. The van der Waals surface area contributed by atoms with Crippen molar-refractivity contribution >= 4 is 46.4 Å². The minimum atomic E-state index is -0.357. The first-order valence-electron chi connectivity index (χ1n) is 8.45. The lowest BCUT2D eigenvalue weighted by atomic mass is 10.2. The Morgan fingerprint density at radius 1 is 0.929 bits per heavy atom. The summed E-state index contributed by atoms with van der Waals surface area (Å²) in [6, 6.07) is 12.4. The number of halogens is 1. The van der Waals surface area contributed by atoms with Crippen molar-refractivity contribution in [2.45, 2.75) is 13.8 Å². The molecule has 0 saturated carbocycles. The van der Waals surface area contributed by atoms with Crippen molar-refractivity contribution in [2.75, 3.05) is 16.0 Å². The third-order valence-corrected chi connectivity index (χ3v) is 4.19. The van der Waals surface area contributed by atoms with Crippen LogP contribution in [0.15, 0.2) is 54.9 Å². The van der Waals surface area contributed by atoms with E-state index in [1.54, 1.807) is 30.3 Å². The van der Waals surface area contributed by atoms with Crippen LogP contribution in [-0.4, -0.2) is 21.8 Å². The lowest BCUT2D eigenvalue weighted by molar-refractivity contribution is -0.114. The van der Waals surface area contributed by atoms with Crippen molar-refractivity contribution in [2.24, 2.45) is 0 Å². The van der Waals surface area contributed by atoms with Gasteiger partial charge in [0.25, 0.3) is 5.91 Å². The normalized spacial score (nSPS) is 10.2. The van der Waals surface area contributed by atoms with Gasteiger partial charge in [-0.1, -0.05) is 23.7 Å². The number of rotatable bonds is 5. The number of nitrogens with one attached hydrogen (secondary N) is 3. The fourth-order valence-corrected chi connectivity index (χ4v) is 2.57. The number of nitrogens with zero attached hydrogens (tertiary/aromatic N) is 2. The first-order chi connectivity index (χ1) is 13.4. The number of hydrogen-bond acceptors (Lipinski definition) is 5. The fourth-order valence-electron chi connectivity index (χ4n) is 2.39. The SMILES string of the molecule is CC(=O)Nc1cccc(NC(=O)c2cnc(Nc3ccc(C)c(Cl)c3)nc2)c1. The molecule has 1 aromatic heterocycles. The zero-order chi connectivity index (χ0) is 20.1. The Bertz CT molecular complexity index is 1020. The van der Waals surface area contributed by atoms with E-state index < -0.39 is 0 Å². The highest BCUT2D eigenvalue weighted by Crippen LogP contribution is 2.22. The first-order valence-corrected chi connectivity index (χ1v) is 8.83. The Kier molecular flexibility index (Phi) is 5.86. The van der Waals surface area contributed by atoms with Crippen LogP contribution in [0.4, 0.5) is 23.0 Å². The van der Waals surface area contributed by atoms with E-state index in [2.05, 4.69) is 25.9 Å². The number of carbonyl (C=O) groups excluding carboxylic acids is 2. The van der Waals surface area contributed by atoms with Crippen LogP contribution in [0.25, 0.3) is 0 Å². The molecule has 1 heterocycles. The summed E-state index contributed by atoms with van der Waals surface area (Å²) in [4.78, 5) is 31.8. The van der Waals surface area contributed by atoms with Gasteiger partial charge in [-0.15, -0.1) is 0 Å². The Morgan fingerprint density at radius 2 is 1.61 bits per heavy atom. The number of anilines is 4. The minimum Gasteiger partial charge on any atom is -0.326 e. The maximum atomic E-state index is 12.4. The monoisotopic (exact) mass is 395 g/mol. The lowest BCUT2D eigenvalue weighted by Gasteiger charge is -2.09. The molecule has 3 aromatic rings. The van der Waals surface area contributed by atoms with E-state index in [-0.39, 0.29) is 11.8 Å². The molecule has 0 aliphatic heterocycles. The molecule has 7 nitrogen and oxygen atoms in total. The molecule has 0 saturated heterocycles. The number of aromatic nitrogens is 2. The third kappa shape index (κ3) is 5.05. The summed E-state index contributed by atoms with van der Waals surface area (Å²) in [5, 5.41) is 9.09. The lowest BCUT2D eigenvalue weighted by Crippen LogP contribution is -2.13. The molecular formula is C20H18ClN5O2. The summed E-state index contributed by atoms with van der Waals surface area (Å²) in [5.74, 6) is -0.191. The van der Waals surface area contributed by atoms with Gasteiger partial charge in [0, 0.05) is 41.4 Å². The quantitative estimate of drug-likeness (QED) is 0.595. The summed E-state index contributed by atoms with van der Waals surface area (Å²) < 4.78 is 0. The first kappa shape index (κ1) is 19.3. The molecule has 2 amide bonds. The molecule has 28 heavy (non-hydrogen) atoms. The van der Waals surface area contributed by atoms with Crippen molar-refractivity contribution < 1.29 is 9.59 Å². The maximum absolute atomic E-state index is 12.4. The van der Waals surface area contributed by atoms with Crippen molar-refractivity contribution in [3.63, 3.8) is 0 Å². The van der Waals surface area contributed by atoms with Gasteiger partial charge in [0.2, 0.25) is 11.9 Å². The standard InChI is InChI=1S/C20H18ClN5O2/c1-12-6-7-17(9-18(12)21)26-20-22-10-14(11-23-20)19(28)25-16-5-3-4-15(8-16)24-13(2)27/h3-11H,1-2H3,(H,24,27)(H,25,28)(H,22,23,26). The van der Waals surface area contributed by atoms with Gasteiger partial charge < -0.3 is 16.0 Å². The summed E-state index contributed by atoms with van der Waals surface area (Å²) in [5.41, 5.74) is 3.17. The molecule has 8 heteroatoms. The molecule has 0 unspecified atom stereocenters. The van der Waals surface area contributed by atoms with E-state index in [1.807, 2.05) is 19.1 Å². The van der Waals surface area contributed by atoms with E-state index >= 15 is 0 Å². The second-order valence-corrected chi connectivity index (χ2v) is 6.51. The van der Waals surface area contributed by atoms with Crippen molar-refractivity contribution in [3.8, 4) is 0 Å². The van der Waals surface area contributed by atoms with E-state index in [9.17, 15) is 9.59 Å². The molecule has 0 fully saturated rings. The van der Waals surface area contributed by atoms with Gasteiger partial charge in [-0.25, -0.2) is 9.97 Å². The highest BCUT2D eigenvalue weighted by molar-refractivity contribution is 6.31. The zero-order valence-electron chi connectivity index (χ0n) is 15.3. The number of carbonyl (C=O) groups is 2. The molecule has 0 aliphatic rings. The molecule has 0 bridgehead atoms. The number of benzene rings is 2. The highest BCUT2D eigenvalue weighted by atomic mass is 35.5. The van der Waals surface area contributed by atoms with E-state index in [0.29, 0.717) is 27.9 Å². The summed E-state index contributed by atoms with van der Waals surface area (Å²) in [7, 11) is 0. The molecule has 0 atom stereocenters. The van der Waals surface area contributed by atoms with Gasteiger partial charge in [-0.05, 0) is 42.8 Å². The van der Waals surface area contributed by atoms with Gasteiger partial charge in [-0.2, -0.15) is 0 Å². The van der Waals surface area contributed by atoms with Crippen LogP contribution in [0.2, 0.25) is 5.02 Å². The molecular weight excluding hydrogens is 378 g/mol. The average Bonchev–Trinajstić information content (AvgIpc) is 2.65. The molecule has 142 valence electrons. The summed E-state index contributed by atoms with van der Waals surface area (Å²) in [6.07, 6.45) is 2.86. The fraction of sp³-hybridized carbons (Fsp3) is 0.100. The van der Waals surface area contributed by atoms with Gasteiger partial charge in [0.1, 0.15) is 0 Å². The van der Waals surface area contributed by atoms with Crippen LogP contribution < -0.4 is 16.0 Å². The minimum absolute atomic E-state index is 0.185. The Morgan fingerprint density at radius 3 is 2.25 bits per heavy atom. The third-order valence-electron chi connectivity index (χ3n) is 3.78. The van der Waals surface area contributed by atoms with Gasteiger partial charge in [0.05, 0.1) is 5.56 Å². The van der Waals surface area contributed by atoms with Crippen LogP contribution in [-0.2, 0) is 4.79 Å². The largest absolute Gasteiger partial charge is 0.326 e. The second kappa shape index (κ2) is 8.49. The predicted octanol–water partition coefficient (Wildman–Crippen LogP) is 4.39. The van der Waals surface area contributed by atoms with Crippen LogP contribution >= 0.6 is 11.6 Å². The van der Waals surface area contributed by atoms with Crippen molar-refractivity contribution in [1.29, 1.82) is 0 Å². The van der Waals surface area contributed by atoms with Gasteiger partial charge in [0.15, 0.2) is 0 Å². The Hall–Kier alpha value is -3.45. The zero-order valence-corrected chi connectivity index (χ0v) is 16.0. The predicted molar refractivity (Wildman–Crippen MR) is 110 cm³/mol. The van der Waals surface area contributed by atoms with Crippen molar-refractivity contribution in [1.82, 2.24) is 9.97 Å². The summed E-state index contributed by atoms with van der Waals surface area (Å²) >= 11 is 6.11. The van der Waals surface area contributed by atoms with Gasteiger partial charge in [-0.3, -0.25) is 9.59 Å². The number of hydrogen-bond donors (Lipinski definition) is 3. The number of amides is 2. The van der Waals surface area contributed by atoms with E-state index in [4.69, 9.17) is 11.6 Å². The molecule has 3 rings (SSSR count). The molecule has 0 radical (unpaired) electrons. The van der Waals surface area contributed by atoms with Crippen molar-refractivity contribution in [3.05, 3.63) is 71.0 Å². The second-order valence-electron chi connectivity index (χ2n) is 6.10. The smallest absolute Gasteiger partial charge is 0.258 e. The molecule has 0 spiro atoms. The average molecular weight is 396 g/mol. The number of aryl methyl sites for hydroxylation is 1. The van der Waals surface area contributed by atoms with Crippen LogP contribution in [0.1, 0.15) is 22.8 Å². The van der Waals surface area contributed by atoms with E-state index in [1.165, 1.54) is 19.3 Å².